The summed E-state index contributed by atoms with van der Waals surface area (Å²) < 4.78 is 0. The van der Waals surface area contributed by atoms with Gasteiger partial charge in [0.2, 0.25) is 35.4 Å². The van der Waals surface area contributed by atoms with E-state index >= 15 is 0 Å². The summed E-state index contributed by atoms with van der Waals surface area (Å²) in [7, 11) is 3.49. The zero-order chi connectivity index (χ0) is 51.9. The van der Waals surface area contributed by atoms with Gasteiger partial charge in [-0.05, 0) is 164 Å². The van der Waals surface area contributed by atoms with Crippen LogP contribution in [0.4, 0.5) is 11.4 Å². The molecule has 3 aliphatic heterocycles. The fraction of sp³-hybridized carbons (Fsp3) is 0.690. The van der Waals surface area contributed by atoms with Gasteiger partial charge in [0.05, 0.1) is 24.2 Å². The highest BCUT2D eigenvalue weighted by Crippen LogP contribution is 2.40. The molecule has 2 saturated carbocycles. The molecule has 0 bridgehead atoms. The third-order valence-electron chi connectivity index (χ3n) is 18.3. The van der Waals surface area contributed by atoms with Crippen molar-refractivity contribution in [3.8, 4) is 0 Å². The molecule has 3 heterocycles. The molecule has 6 amide bonds. The second-order valence-corrected chi connectivity index (χ2v) is 22.7. The normalized spacial score (nSPS) is 25.2. The lowest BCUT2D eigenvalue weighted by atomic mass is 9.83. The largest absolute Gasteiger partial charge is 0.368 e. The van der Waals surface area contributed by atoms with Crippen molar-refractivity contribution in [2.24, 2.45) is 11.8 Å². The van der Waals surface area contributed by atoms with E-state index in [4.69, 9.17) is 0 Å². The first kappa shape index (κ1) is 53.6. The zero-order valence-corrected chi connectivity index (χ0v) is 44.9. The molecule has 7 aliphatic rings. The first-order valence-electron chi connectivity index (χ1n) is 28.9. The molecule has 74 heavy (non-hydrogen) atoms. The number of rotatable bonds is 16. The van der Waals surface area contributed by atoms with Crippen LogP contribution in [0.1, 0.15) is 164 Å². The van der Waals surface area contributed by atoms with Gasteiger partial charge in [0.15, 0.2) is 0 Å². The van der Waals surface area contributed by atoms with Gasteiger partial charge in [0, 0.05) is 50.6 Å². The Balaban J connectivity index is 0.830. The number of carbonyl (C=O) groups is 6. The van der Waals surface area contributed by atoms with Gasteiger partial charge in [-0.25, -0.2) is 0 Å². The molecule has 5 fully saturated rings. The van der Waals surface area contributed by atoms with E-state index in [0.717, 1.165) is 142 Å². The summed E-state index contributed by atoms with van der Waals surface area (Å²) in [5.74, 6) is -0.686. The van der Waals surface area contributed by atoms with Crippen molar-refractivity contribution in [2.45, 2.75) is 191 Å². The number of fused-ring (bicyclic) bond motifs is 2. The molecule has 2 aromatic carbocycles. The monoisotopic (exact) mass is 1020 g/mol. The number of amides is 6. The molecule has 0 radical (unpaired) electrons. The minimum absolute atomic E-state index is 0.0683. The van der Waals surface area contributed by atoms with Crippen LogP contribution in [0.15, 0.2) is 36.4 Å². The van der Waals surface area contributed by atoms with Gasteiger partial charge in [0.1, 0.15) is 24.2 Å². The van der Waals surface area contributed by atoms with E-state index in [1.165, 1.54) is 33.6 Å². The standard InChI is InChI=1S/C58H86N10O6/c1-37(59-3)53(69)63-51(39-17-7-5-8-18-39)57(73)67-31-15-29-49(67)55(71)61-45-25-11-23-43-41(45)21-13-27-47(43)65-33-35-66(36-34-65)48-28-14-22-42-44(48)24-12-26-46(42)62-56(72)50-30-16-32-68(50)58(74)52(40-19-9-6-10-20-40)64-54(70)38(2)60-4/h13-14,21-22,27-28,37-40,45-46,49-52,59-60H,5-12,15-20,23-26,29-36H2,1-4H3,(H,61,71)(H,62,72)(H,63,69)(H,64,70)/t37-,38-,45+,46+,49?,50?,51-,52-/m0/s1. The van der Waals surface area contributed by atoms with E-state index in [-0.39, 0.29) is 59.4 Å². The molecular formula is C58H86N10O6. The van der Waals surface area contributed by atoms with Crippen LogP contribution < -0.4 is 41.7 Å². The Labute approximate surface area is 440 Å². The second-order valence-electron chi connectivity index (χ2n) is 22.7. The number of benzene rings is 2. The summed E-state index contributed by atoms with van der Waals surface area (Å²) in [5.41, 5.74) is 7.40. The van der Waals surface area contributed by atoms with Crippen molar-refractivity contribution < 1.29 is 28.8 Å². The van der Waals surface area contributed by atoms with Crippen molar-refractivity contribution in [1.29, 1.82) is 0 Å². The number of carbonyl (C=O) groups excluding carboxylic acids is 6. The topological polar surface area (TPSA) is 188 Å². The van der Waals surface area contributed by atoms with Crippen molar-refractivity contribution >= 4 is 46.8 Å². The lowest BCUT2D eigenvalue weighted by Crippen LogP contribution is -2.58. The van der Waals surface area contributed by atoms with E-state index < -0.39 is 36.3 Å². The van der Waals surface area contributed by atoms with Gasteiger partial charge in [-0.1, -0.05) is 62.8 Å². The Kier molecular flexibility index (Phi) is 17.8. The van der Waals surface area contributed by atoms with Crippen molar-refractivity contribution in [2.75, 3.05) is 63.2 Å². The molecule has 16 nitrogen and oxygen atoms in total. The maximum absolute atomic E-state index is 14.4. The predicted molar refractivity (Wildman–Crippen MR) is 288 cm³/mol. The van der Waals surface area contributed by atoms with Crippen molar-refractivity contribution in [3.63, 3.8) is 0 Å². The van der Waals surface area contributed by atoms with E-state index in [1.54, 1.807) is 37.7 Å². The first-order chi connectivity index (χ1) is 35.9. The summed E-state index contributed by atoms with van der Waals surface area (Å²) in [4.78, 5) is 92.2. The Hall–Kier alpha value is -5.22. The molecule has 6 N–H and O–H groups in total. The maximum Gasteiger partial charge on any atom is 0.246 e. The number of hydrogen-bond acceptors (Lipinski definition) is 10. The van der Waals surface area contributed by atoms with Crippen LogP contribution in [0.3, 0.4) is 0 Å². The second kappa shape index (κ2) is 24.6. The number of hydrogen-bond donors (Lipinski definition) is 6. The Bertz CT molecular complexity index is 2170. The maximum atomic E-state index is 14.4. The van der Waals surface area contributed by atoms with E-state index in [9.17, 15) is 28.8 Å². The Morgan fingerprint density at radius 1 is 0.473 bits per heavy atom. The zero-order valence-electron chi connectivity index (χ0n) is 44.9. The number of nitrogens with one attached hydrogen (secondary N) is 6. The van der Waals surface area contributed by atoms with E-state index in [2.05, 4.69) is 78.1 Å². The van der Waals surface area contributed by atoms with Crippen LogP contribution in [-0.2, 0) is 41.6 Å². The lowest BCUT2D eigenvalue weighted by Gasteiger charge is -2.41. The minimum atomic E-state index is -0.629. The number of nitrogens with zero attached hydrogens (tertiary/aromatic N) is 4. The average molecular weight is 1020 g/mol. The highest BCUT2D eigenvalue weighted by molar-refractivity contribution is 5.95. The highest BCUT2D eigenvalue weighted by atomic mass is 16.2. The summed E-state index contributed by atoms with van der Waals surface area (Å²) in [5, 5.41) is 19.1. The summed E-state index contributed by atoms with van der Waals surface area (Å²) in [6, 6.07) is 9.55. The minimum Gasteiger partial charge on any atom is -0.368 e. The number of likely N-dealkylation sites (N-methyl/N-ethyl adjacent to an activating group) is 2. The van der Waals surface area contributed by atoms with Crippen LogP contribution in [0.5, 0.6) is 0 Å². The van der Waals surface area contributed by atoms with Crippen molar-refractivity contribution in [3.05, 3.63) is 58.7 Å². The molecule has 4 aliphatic carbocycles. The SMILES string of the molecule is CN[C@@H](C)C(=O)N[C@H](C(=O)N1CCCC1C(=O)N[C@@H]1CCCc2c1cccc2N1CCN(c2cccc3c2CCC[C@H]3NC(=O)C2CCCN2C(=O)[C@@H](NC(=O)[C@H](C)NC)C2CCCCC2)CC1)C1CCCCC1. The molecule has 0 spiro atoms. The lowest BCUT2D eigenvalue weighted by molar-refractivity contribution is -0.143. The fourth-order valence-corrected chi connectivity index (χ4v) is 13.8. The smallest absolute Gasteiger partial charge is 0.246 e. The van der Waals surface area contributed by atoms with Crippen LogP contribution in [0.25, 0.3) is 0 Å². The predicted octanol–water partition coefficient (Wildman–Crippen LogP) is 5.33. The molecule has 8 atom stereocenters. The Morgan fingerprint density at radius 2 is 0.865 bits per heavy atom. The van der Waals surface area contributed by atoms with E-state index in [0.29, 0.717) is 25.9 Å². The average Bonchev–Trinajstić information content (AvgIpc) is 4.15. The molecule has 2 aromatic rings. The summed E-state index contributed by atoms with van der Waals surface area (Å²) in [6.45, 7) is 8.04. The van der Waals surface area contributed by atoms with Crippen LogP contribution in [-0.4, -0.2) is 135 Å². The number of likely N-dealkylation sites (tertiary alicyclic amines) is 2. The first-order valence-corrected chi connectivity index (χ1v) is 28.9. The Morgan fingerprint density at radius 3 is 1.24 bits per heavy atom. The third kappa shape index (κ3) is 11.8. The van der Waals surface area contributed by atoms with Gasteiger partial charge in [-0.3, -0.25) is 28.8 Å². The summed E-state index contributed by atoms with van der Waals surface area (Å²) >= 11 is 0. The molecular weight excluding hydrogens is 933 g/mol. The molecule has 404 valence electrons. The summed E-state index contributed by atoms with van der Waals surface area (Å²) in [6.07, 6.45) is 18.3. The van der Waals surface area contributed by atoms with Gasteiger partial charge in [0.25, 0.3) is 0 Å². The molecule has 0 aromatic heterocycles. The molecule has 9 rings (SSSR count). The highest BCUT2D eigenvalue weighted by Gasteiger charge is 2.44. The molecule has 2 unspecified atom stereocenters. The van der Waals surface area contributed by atoms with Crippen LogP contribution in [0.2, 0.25) is 0 Å². The third-order valence-corrected chi connectivity index (χ3v) is 18.3. The fourth-order valence-electron chi connectivity index (χ4n) is 13.8. The number of anilines is 2. The van der Waals surface area contributed by atoms with Gasteiger partial charge in [-0.2, -0.15) is 0 Å². The number of piperazine rings is 1. The van der Waals surface area contributed by atoms with Gasteiger partial charge < -0.3 is 51.5 Å². The van der Waals surface area contributed by atoms with Gasteiger partial charge in [-0.15, -0.1) is 0 Å². The van der Waals surface area contributed by atoms with Crippen LogP contribution in [0, 0.1) is 11.8 Å². The molecule has 16 heteroatoms. The van der Waals surface area contributed by atoms with E-state index in [1.807, 2.05) is 0 Å². The van der Waals surface area contributed by atoms with Gasteiger partial charge >= 0.3 is 0 Å². The quantitative estimate of drug-likeness (QED) is 0.128. The molecule has 3 saturated heterocycles. The van der Waals surface area contributed by atoms with Crippen LogP contribution >= 0.6 is 0 Å². The van der Waals surface area contributed by atoms with Crippen molar-refractivity contribution in [1.82, 2.24) is 41.7 Å².